The van der Waals surface area contributed by atoms with Crippen LogP contribution in [0.2, 0.25) is 0 Å². The fraction of sp³-hybridized carbons (Fsp3) is 0.439. The lowest BCUT2D eigenvalue weighted by molar-refractivity contribution is 0.00832. The maximum absolute atomic E-state index is 13.5. The minimum Gasteiger partial charge on any atom is -0.490 e. The van der Waals surface area contributed by atoms with Crippen LogP contribution < -0.4 is 20.3 Å². The summed E-state index contributed by atoms with van der Waals surface area (Å²) in [7, 11) is -4.01. The molecule has 2 aliphatic rings. The molecular weight excluding hydrogens is 783 g/mol. The van der Waals surface area contributed by atoms with Crippen molar-refractivity contribution in [3.05, 3.63) is 72.2 Å². The van der Waals surface area contributed by atoms with E-state index in [1.807, 2.05) is 35.9 Å². The number of hydrogen-bond acceptors (Lipinski definition) is 11. The molecule has 58 heavy (non-hydrogen) atoms. The van der Waals surface area contributed by atoms with Crippen LogP contribution >= 0.6 is 11.3 Å². The molecule has 15 nitrogen and oxygen atoms in total. The highest BCUT2D eigenvalue weighted by Gasteiger charge is 2.29. The highest BCUT2D eigenvalue weighted by atomic mass is 32.2. The number of thiazole rings is 1. The molecule has 17 heteroatoms. The summed E-state index contributed by atoms with van der Waals surface area (Å²) in [5, 5.41) is 21.6. The Morgan fingerprint density at radius 3 is 2.60 bits per heavy atom. The number of urea groups is 1. The van der Waals surface area contributed by atoms with Gasteiger partial charge in [-0.15, -0.1) is 0 Å². The van der Waals surface area contributed by atoms with Crippen molar-refractivity contribution in [3.8, 4) is 28.1 Å². The van der Waals surface area contributed by atoms with Gasteiger partial charge in [0.05, 0.1) is 52.8 Å². The lowest BCUT2D eigenvalue weighted by Crippen LogP contribution is -2.40. The predicted molar refractivity (Wildman–Crippen MR) is 223 cm³/mol. The van der Waals surface area contributed by atoms with E-state index in [0.717, 1.165) is 41.6 Å². The van der Waals surface area contributed by atoms with Crippen LogP contribution in [-0.2, 0) is 21.4 Å². The van der Waals surface area contributed by atoms with E-state index in [4.69, 9.17) is 19.1 Å². The van der Waals surface area contributed by atoms with E-state index in [9.17, 15) is 23.1 Å². The van der Waals surface area contributed by atoms with E-state index in [-0.39, 0.29) is 36.0 Å². The molecule has 1 aliphatic heterocycles. The Morgan fingerprint density at radius 1 is 1.00 bits per heavy atom. The number of aromatic carboxylic acids is 1. The number of rotatable bonds is 13. The van der Waals surface area contributed by atoms with Crippen molar-refractivity contribution in [2.45, 2.75) is 59.1 Å². The van der Waals surface area contributed by atoms with Crippen molar-refractivity contribution >= 4 is 54.5 Å². The first-order valence-corrected chi connectivity index (χ1v) is 22.0. The molecule has 0 bridgehead atoms. The number of anilines is 2. The Bertz CT molecular complexity index is 2350. The van der Waals surface area contributed by atoms with E-state index < -0.39 is 16.1 Å². The van der Waals surface area contributed by atoms with Crippen LogP contribution in [0.3, 0.4) is 0 Å². The number of benzene rings is 2. The number of aromatic nitrogens is 4. The van der Waals surface area contributed by atoms with E-state index in [0.29, 0.717) is 83.6 Å². The van der Waals surface area contributed by atoms with E-state index in [2.05, 4.69) is 34.4 Å². The second-order valence-electron chi connectivity index (χ2n) is 15.4. The van der Waals surface area contributed by atoms with E-state index >= 15 is 0 Å². The highest BCUT2D eigenvalue weighted by molar-refractivity contribution is 7.85. The van der Waals surface area contributed by atoms with Gasteiger partial charge < -0.3 is 19.9 Å². The SMILES string of the molecule is Cc1c(-c2ccc(-c3ccc4c(c3)N(C(=O)Nc3nc5ccccc5s3)CCO4)nc2C(=O)O)cnn1CC1CC(C)CC(C)CC(OCCNCCS(=O)(=O)O)C1. The van der Waals surface area contributed by atoms with Gasteiger partial charge >= 0.3 is 12.0 Å². The molecular formula is C41H49N7O8S2. The molecule has 7 rings (SSSR count). The standard InChI is InChI=1S/C41H49N7O8S2/c1-25-18-26(2)20-30(55-15-12-42-13-17-58(52,53)54)21-28(19-25)24-48-27(3)32(23-43-48)31-9-10-33(44-38(31)39(49)50)29-8-11-36-35(22-29)47(14-16-56-36)41(51)46-40-45-34-6-4-5-7-37(34)57-40/h4-11,22-23,25-26,28,30,42H,12-21,24H2,1-3H3,(H,49,50)(H,45,46,51)(H,52,53,54). The van der Waals surface area contributed by atoms with Crippen LogP contribution in [0.4, 0.5) is 15.6 Å². The van der Waals surface area contributed by atoms with E-state index in [1.165, 1.54) is 11.3 Å². The van der Waals surface area contributed by atoms with Crippen molar-refractivity contribution in [1.82, 2.24) is 25.1 Å². The first kappa shape index (κ1) is 41.2. The second kappa shape index (κ2) is 17.9. The zero-order valence-electron chi connectivity index (χ0n) is 32.8. The molecule has 2 amide bonds. The molecule has 1 aliphatic carbocycles. The van der Waals surface area contributed by atoms with Crippen molar-refractivity contribution in [2.75, 3.05) is 48.8 Å². The Morgan fingerprint density at radius 2 is 1.81 bits per heavy atom. The Labute approximate surface area is 341 Å². The van der Waals surface area contributed by atoms with Crippen molar-refractivity contribution < 1.29 is 37.1 Å². The fourth-order valence-electron chi connectivity index (χ4n) is 8.18. The van der Waals surface area contributed by atoms with Gasteiger partial charge in [-0.3, -0.25) is 19.5 Å². The summed E-state index contributed by atoms with van der Waals surface area (Å²) in [6.45, 7) is 8.81. The first-order valence-electron chi connectivity index (χ1n) is 19.6. The smallest absolute Gasteiger partial charge is 0.355 e. The van der Waals surface area contributed by atoms with Gasteiger partial charge in [-0.1, -0.05) is 37.3 Å². The largest absolute Gasteiger partial charge is 0.490 e. The van der Waals surface area contributed by atoms with Gasteiger partial charge in [0.15, 0.2) is 10.8 Å². The lowest BCUT2D eigenvalue weighted by Gasteiger charge is -2.32. The average molecular weight is 832 g/mol. The number of carboxylic acids is 1. The summed E-state index contributed by atoms with van der Waals surface area (Å²) in [6, 6.07) is 16.2. The van der Waals surface area contributed by atoms with Crippen LogP contribution in [0.1, 0.15) is 55.7 Å². The van der Waals surface area contributed by atoms with Crippen LogP contribution in [-0.4, -0.2) is 94.5 Å². The third-order valence-corrected chi connectivity index (χ3v) is 12.4. The maximum atomic E-state index is 13.5. The molecule has 308 valence electrons. The summed E-state index contributed by atoms with van der Waals surface area (Å²) < 4.78 is 46.1. The predicted octanol–water partition coefficient (Wildman–Crippen LogP) is 6.98. The Kier molecular flexibility index (Phi) is 12.7. The van der Waals surface area contributed by atoms with E-state index in [1.54, 1.807) is 41.4 Å². The molecule has 2 aromatic carbocycles. The quantitative estimate of drug-likeness (QED) is 0.0702. The van der Waals surface area contributed by atoms with Gasteiger partial charge in [-0.05, 0) is 92.8 Å². The minimum atomic E-state index is -4.01. The van der Waals surface area contributed by atoms with Crippen LogP contribution in [0, 0.1) is 24.7 Å². The number of hydrogen-bond donors (Lipinski definition) is 4. The van der Waals surface area contributed by atoms with Crippen LogP contribution in [0.25, 0.3) is 32.6 Å². The van der Waals surface area contributed by atoms with Crippen molar-refractivity contribution in [1.29, 1.82) is 0 Å². The summed E-state index contributed by atoms with van der Waals surface area (Å²) in [5.74, 6) is 0.303. The number of fused-ring (bicyclic) bond motifs is 2. The number of para-hydroxylation sites is 1. The Hall–Kier alpha value is -4.94. The number of ether oxygens (including phenoxy) is 2. The van der Waals surface area contributed by atoms with Crippen molar-refractivity contribution in [3.63, 3.8) is 0 Å². The summed E-state index contributed by atoms with van der Waals surface area (Å²) in [6.07, 6.45) is 5.56. The number of nitrogens with zero attached hydrogens (tertiary/aromatic N) is 5. The third kappa shape index (κ3) is 10.0. The van der Waals surface area contributed by atoms with Crippen molar-refractivity contribution in [2.24, 2.45) is 17.8 Å². The zero-order chi connectivity index (χ0) is 41.0. The maximum Gasteiger partial charge on any atom is 0.355 e. The number of pyridine rings is 1. The number of amides is 2. The number of carboxylic acid groups (broad SMARTS) is 1. The lowest BCUT2D eigenvalue weighted by atomic mass is 9.80. The summed E-state index contributed by atoms with van der Waals surface area (Å²) >= 11 is 1.39. The molecule has 1 saturated carbocycles. The molecule has 1 fully saturated rings. The molecule has 4 heterocycles. The summed E-state index contributed by atoms with van der Waals surface area (Å²) in [5.41, 5.74) is 4.28. The van der Waals surface area contributed by atoms with Gasteiger partial charge in [-0.25, -0.2) is 19.6 Å². The number of carbonyl (C=O) groups excluding carboxylic acids is 1. The van der Waals surface area contributed by atoms with Crippen LogP contribution in [0.15, 0.2) is 60.8 Å². The second-order valence-corrected chi connectivity index (χ2v) is 18.0. The molecule has 0 saturated heterocycles. The zero-order valence-corrected chi connectivity index (χ0v) is 34.4. The van der Waals surface area contributed by atoms with Gasteiger partial charge in [-0.2, -0.15) is 13.5 Å². The molecule has 4 atom stereocenters. The molecule has 4 N–H and O–H groups in total. The monoisotopic (exact) mass is 831 g/mol. The molecule has 3 aromatic heterocycles. The normalized spacial score (nSPS) is 19.9. The third-order valence-electron chi connectivity index (χ3n) is 10.8. The number of nitrogens with one attached hydrogen (secondary N) is 2. The van der Waals surface area contributed by atoms with Gasteiger partial charge in [0.1, 0.15) is 12.4 Å². The molecule has 5 aromatic rings. The number of carbonyl (C=O) groups is 2. The van der Waals surface area contributed by atoms with Crippen LogP contribution in [0.5, 0.6) is 5.75 Å². The Balaban J connectivity index is 1.06. The minimum absolute atomic E-state index is 0.0248. The van der Waals surface area contributed by atoms with Gasteiger partial charge in [0.2, 0.25) is 0 Å². The van der Waals surface area contributed by atoms with Gasteiger partial charge in [0.25, 0.3) is 10.1 Å². The topological polar surface area (TPSA) is 198 Å². The molecule has 0 radical (unpaired) electrons. The molecule has 4 unspecified atom stereocenters. The fourth-order valence-corrected chi connectivity index (χ4v) is 9.44. The van der Waals surface area contributed by atoms with Gasteiger partial charge in [0, 0.05) is 42.0 Å². The highest BCUT2D eigenvalue weighted by Crippen LogP contribution is 2.38. The molecule has 0 spiro atoms. The average Bonchev–Trinajstić information content (AvgIpc) is 3.76. The summed E-state index contributed by atoms with van der Waals surface area (Å²) in [4.78, 5) is 37.0. The first-order chi connectivity index (χ1) is 27.8.